The third-order valence-electron chi connectivity index (χ3n) is 3.28. The van der Waals surface area contributed by atoms with Gasteiger partial charge in [0, 0.05) is 13.0 Å². The Morgan fingerprint density at radius 2 is 2.21 bits per heavy atom. The SMILES string of the molecule is COC(=O)C1(C(C)C)OC12CCOC2. The van der Waals surface area contributed by atoms with Gasteiger partial charge in [-0.15, -0.1) is 0 Å². The number of hydrogen-bond acceptors (Lipinski definition) is 4. The van der Waals surface area contributed by atoms with Gasteiger partial charge >= 0.3 is 5.97 Å². The van der Waals surface area contributed by atoms with E-state index in [0.717, 1.165) is 6.42 Å². The summed E-state index contributed by atoms with van der Waals surface area (Å²) in [7, 11) is 1.40. The summed E-state index contributed by atoms with van der Waals surface area (Å²) < 4.78 is 15.8. The van der Waals surface area contributed by atoms with Crippen LogP contribution in [0.5, 0.6) is 0 Å². The van der Waals surface area contributed by atoms with Gasteiger partial charge in [-0.05, 0) is 5.92 Å². The van der Waals surface area contributed by atoms with Gasteiger partial charge in [-0.3, -0.25) is 0 Å². The third-order valence-corrected chi connectivity index (χ3v) is 3.28. The summed E-state index contributed by atoms with van der Waals surface area (Å²) in [5, 5.41) is 0. The van der Waals surface area contributed by atoms with E-state index in [2.05, 4.69) is 0 Å². The van der Waals surface area contributed by atoms with Crippen molar-refractivity contribution in [3.05, 3.63) is 0 Å². The molecule has 2 saturated heterocycles. The summed E-state index contributed by atoms with van der Waals surface area (Å²) >= 11 is 0. The minimum atomic E-state index is -0.752. The zero-order chi connectivity index (χ0) is 10.4. The molecule has 2 atom stereocenters. The van der Waals surface area contributed by atoms with E-state index in [0.29, 0.717) is 13.2 Å². The summed E-state index contributed by atoms with van der Waals surface area (Å²) in [4.78, 5) is 11.7. The molecule has 4 nitrogen and oxygen atoms in total. The van der Waals surface area contributed by atoms with Crippen LogP contribution in [0, 0.1) is 5.92 Å². The maximum Gasteiger partial charge on any atom is 0.341 e. The molecule has 0 aliphatic carbocycles. The van der Waals surface area contributed by atoms with Crippen molar-refractivity contribution in [2.24, 2.45) is 5.92 Å². The standard InChI is InChI=1S/C10H16O4/c1-7(2)10(8(11)12-3)9(14-10)4-5-13-6-9/h7H,4-6H2,1-3H3. The van der Waals surface area contributed by atoms with Crippen molar-refractivity contribution in [1.29, 1.82) is 0 Å². The fourth-order valence-corrected chi connectivity index (χ4v) is 2.46. The third kappa shape index (κ3) is 0.982. The lowest BCUT2D eigenvalue weighted by Gasteiger charge is -2.16. The minimum absolute atomic E-state index is 0.122. The highest BCUT2D eigenvalue weighted by atomic mass is 16.7. The molecule has 0 aromatic rings. The summed E-state index contributed by atoms with van der Waals surface area (Å²) in [5.74, 6) is -0.144. The maximum absolute atomic E-state index is 11.7. The molecule has 80 valence electrons. The Labute approximate surface area is 83.5 Å². The van der Waals surface area contributed by atoms with Gasteiger partial charge in [-0.1, -0.05) is 13.8 Å². The van der Waals surface area contributed by atoms with Crippen molar-refractivity contribution in [3.63, 3.8) is 0 Å². The lowest BCUT2D eigenvalue weighted by atomic mass is 9.83. The van der Waals surface area contributed by atoms with Gasteiger partial charge in [0.1, 0.15) is 5.60 Å². The van der Waals surface area contributed by atoms with E-state index < -0.39 is 11.2 Å². The van der Waals surface area contributed by atoms with Gasteiger partial charge in [0.05, 0.1) is 13.7 Å². The Balaban J connectivity index is 2.24. The molecule has 1 spiro atoms. The number of hydrogen-bond donors (Lipinski definition) is 0. The fraction of sp³-hybridized carbons (Fsp3) is 0.900. The van der Waals surface area contributed by atoms with Crippen molar-refractivity contribution >= 4 is 5.97 Å². The van der Waals surface area contributed by atoms with Gasteiger partial charge < -0.3 is 14.2 Å². The van der Waals surface area contributed by atoms with Gasteiger partial charge in [0.15, 0.2) is 5.60 Å². The second kappa shape index (κ2) is 2.94. The highest BCUT2D eigenvalue weighted by molar-refractivity contribution is 5.85. The first-order valence-electron chi connectivity index (χ1n) is 4.95. The van der Waals surface area contributed by atoms with Crippen LogP contribution >= 0.6 is 0 Å². The monoisotopic (exact) mass is 200 g/mol. The predicted molar refractivity (Wildman–Crippen MR) is 48.8 cm³/mol. The molecule has 2 unspecified atom stereocenters. The second-order valence-electron chi connectivity index (χ2n) is 4.28. The van der Waals surface area contributed by atoms with Crippen LogP contribution in [-0.2, 0) is 19.0 Å². The van der Waals surface area contributed by atoms with Gasteiger partial charge in [-0.25, -0.2) is 4.79 Å². The molecule has 2 heterocycles. The first-order valence-corrected chi connectivity index (χ1v) is 4.95. The van der Waals surface area contributed by atoms with Gasteiger partial charge in [0.25, 0.3) is 0 Å². The van der Waals surface area contributed by atoms with Crippen molar-refractivity contribution in [2.75, 3.05) is 20.3 Å². The predicted octanol–water partition coefficient (Wildman–Crippen LogP) is 0.743. The summed E-state index contributed by atoms with van der Waals surface area (Å²) in [5.41, 5.74) is -1.15. The Morgan fingerprint density at radius 3 is 2.64 bits per heavy atom. The van der Waals surface area contributed by atoms with Crippen molar-refractivity contribution < 1.29 is 19.0 Å². The van der Waals surface area contributed by atoms with E-state index in [-0.39, 0.29) is 11.9 Å². The quantitative estimate of drug-likeness (QED) is 0.487. The molecule has 2 aliphatic rings. The number of rotatable bonds is 2. The largest absolute Gasteiger partial charge is 0.467 e. The Hall–Kier alpha value is -0.610. The van der Waals surface area contributed by atoms with E-state index in [1.54, 1.807) is 0 Å². The molecule has 0 amide bonds. The summed E-state index contributed by atoms with van der Waals surface area (Å²) in [6.07, 6.45) is 0.792. The molecule has 0 aromatic heterocycles. The van der Waals surface area contributed by atoms with Crippen molar-refractivity contribution in [3.8, 4) is 0 Å². The number of methoxy groups -OCH3 is 1. The van der Waals surface area contributed by atoms with Crippen LogP contribution in [0.1, 0.15) is 20.3 Å². The lowest BCUT2D eigenvalue weighted by molar-refractivity contribution is -0.148. The Morgan fingerprint density at radius 1 is 1.50 bits per heavy atom. The van der Waals surface area contributed by atoms with Crippen LogP contribution < -0.4 is 0 Å². The highest BCUT2D eigenvalue weighted by Crippen LogP contribution is 2.57. The average molecular weight is 200 g/mol. The van der Waals surface area contributed by atoms with Crippen LogP contribution in [-0.4, -0.2) is 37.5 Å². The summed E-state index contributed by atoms with van der Waals surface area (Å²) in [6.45, 7) is 5.14. The maximum atomic E-state index is 11.7. The molecular weight excluding hydrogens is 184 g/mol. The molecule has 2 aliphatic heterocycles. The van der Waals surface area contributed by atoms with Crippen LogP contribution in [0.15, 0.2) is 0 Å². The molecule has 2 rings (SSSR count). The van der Waals surface area contributed by atoms with E-state index in [1.165, 1.54) is 7.11 Å². The van der Waals surface area contributed by atoms with Crippen LogP contribution in [0.4, 0.5) is 0 Å². The number of epoxide rings is 1. The Kier molecular flexibility index (Phi) is 2.08. The van der Waals surface area contributed by atoms with Crippen LogP contribution in [0.2, 0.25) is 0 Å². The zero-order valence-corrected chi connectivity index (χ0v) is 8.83. The molecule has 0 aromatic carbocycles. The number of carbonyl (C=O) groups excluding carboxylic acids is 1. The summed E-state index contributed by atoms with van der Waals surface area (Å²) in [6, 6.07) is 0. The highest BCUT2D eigenvalue weighted by Gasteiger charge is 2.77. The van der Waals surface area contributed by atoms with E-state index in [9.17, 15) is 4.79 Å². The first-order chi connectivity index (χ1) is 6.59. The van der Waals surface area contributed by atoms with Gasteiger partial charge in [0.2, 0.25) is 0 Å². The number of esters is 1. The topological polar surface area (TPSA) is 48.1 Å². The van der Waals surface area contributed by atoms with E-state index in [1.807, 2.05) is 13.8 Å². The van der Waals surface area contributed by atoms with E-state index >= 15 is 0 Å². The molecule has 0 saturated carbocycles. The molecule has 2 fully saturated rings. The van der Waals surface area contributed by atoms with Crippen LogP contribution in [0.3, 0.4) is 0 Å². The zero-order valence-electron chi connectivity index (χ0n) is 8.83. The van der Waals surface area contributed by atoms with E-state index in [4.69, 9.17) is 14.2 Å². The molecule has 0 bridgehead atoms. The van der Waals surface area contributed by atoms with Crippen LogP contribution in [0.25, 0.3) is 0 Å². The smallest absolute Gasteiger partial charge is 0.341 e. The number of carbonyl (C=O) groups is 1. The molecule has 0 N–H and O–H groups in total. The lowest BCUT2D eigenvalue weighted by Crippen LogP contribution is -2.40. The Bertz CT molecular complexity index is 255. The second-order valence-corrected chi connectivity index (χ2v) is 4.28. The molecule has 0 radical (unpaired) electrons. The van der Waals surface area contributed by atoms with Crippen molar-refractivity contribution in [2.45, 2.75) is 31.5 Å². The first kappa shape index (κ1) is 9.93. The molecule has 14 heavy (non-hydrogen) atoms. The minimum Gasteiger partial charge on any atom is -0.467 e. The van der Waals surface area contributed by atoms with Gasteiger partial charge in [-0.2, -0.15) is 0 Å². The average Bonchev–Trinajstić information content (AvgIpc) is 2.55. The normalized spacial score (nSPS) is 40.6. The fourth-order valence-electron chi connectivity index (χ4n) is 2.46. The molecular formula is C10H16O4. The number of ether oxygens (including phenoxy) is 3. The molecule has 4 heteroatoms. The van der Waals surface area contributed by atoms with Crippen molar-refractivity contribution in [1.82, 2.24) is 0 Å².